The quantitative estimate of drug-likeness (QED) is 0.712. The van der Waals surface area contributed by atoms with Gasteiger partial charge in [0.15, 0.2) is 0 Å². The highest BCUT2D eigenvalue weighted by molar-refractivity contribution is 5.72. The maximum absolute atomic E-state index is 11.5. The van der Waals surface area contributed by atoms with Crippen LogP contribution in [0.1, 0.15) is 39.5 Å². The Labute approximate surface area is 104 Å². The first-order valence-corrected chi connectivity index (χ1v) is 6.64. The molecule has 4 nitrogen and oxygen atoms in total. The van der Waals surface area contributed by atoms with Crippen molar-refractivity contribution in [2.24, 2.45) is 29.2 Å². The Hall–Kier alpha value is -0.610. The van der Waals surface area contributed by atoms with Crippen molar-refractivity contribution < 1.29 is 9.53 Å². The number of esters is 1. The van der Waals surface area contributed by atoms with Crippen molar-refractivity contribution in [1.29, 1.82) is 0 Å². The monoisotopic (exact) mass is 242 g/mol. The van der Waals surface area contributed by atoms with Gasteiger partial charge in [-0.15, -0.1) is 0 Å². The van der Waals surface area contributed by atoms with Crippen LogP contribution in [0, 0.1) is 17.8 Å². The molecule has 1 aliphatic rings. The van der Waals surface area contributed by atoms with Gasteiger partial charge in [-0.3, -0.25) is 4.79 Å². The summed E-state index contributed by atoms with van der Waals surface area (Å²) in [6, 6.07) is 0.143. The van der Waals surface area contributed by atoms with Gasteiger partial charge >= 0.3 is 5.97 Å². The molecular weight excluding hydrogens is 216 g/mol. The SMILES string of the molecule is CCC(CC)C(N)C1CC(C(=O)OC)CC1N. The van der Waals surface area contributed by atoms with Crippen LogP contribution in [0.2, 0.25) is 0 Å². The minimum Gasteiger partial charge on any atom is -0.469 e. The maximum atomic E-state index is 11.5. The van der Waals surface area contributed by atoms with Crippen molar-refractivity contribution in [3.05, 3.63) is 0 Å². The van der Waals surface area contributed by atoms with Gasteiger partial charge in [-0.1, -0.05) is 26.7 Å². The second-order valence-electron chi connectivity index (χ2n) is 5.17. The molecule has 1 saturated carbocycles. The van der Waals surface area contributed by atoms with E-state index in [1.165, 1.54) is 7.11 Å². The molecule has 4 atom stereocenters. The third-order valence-electron chi connectivity index (χ3n) is 4.29. The van der Waals surface area contributed by atoms with Gasteiger partial charge in [-0.2, -0.15) is 0 Å². The summed E-state index contributed by atoms with van der Waals surface area (Å²) in [7, 11) is 1.43. The summed E-state index contributed by atoms with van der Waals surface area (Å²) < 4.78 is 4.79. The average molecular weight is 242 g/mol. The van der Waals surface area contributed by atoms with Gasteiger partial charge < -0.3 is 16.2 Å². The molecule has 4 unspecified atom stereocenters. The Morgan fingerprint density at radius 2 is 1.94 bits per heavy atom. The van der Waals surface area contributed by atoms with Crippen molar-refractivity contribution in [2.75, 3.05) is 7.11 Å². The van der Waals surface area contributed by atoms with Gasteiger partial charge in [0, 0.05) is 12.1 Å². The molecule has 0 heterocycles. The second-order valence-corrected chi connectivity index (χ2v) is 5.17. The van der Waals surface area contributed by atoms with Crippen LogP contribution < -0.4 is 11.5 Å². The Morgan fingerprint density at radius 1 is 1.35 bits per heavy atom. The van der Waals surface area contributed by atoms with Gasteiger partial charge in [0.05, 0.1) is 13.0 Å². The molecule has 17 heavy (non-hydrogen) atoms. The summed E-state index contributed by atoms with van der Waals surface area (Å²) in [5.41, 5.74) is 12.4. The average Bonchev–Trinajstić information content (AvgIpc) is 2.71. The van der Waals surface area contributed by atoms with Crippen molar-refractivity contribution >= 4 is 5.97 Å². The van der Waals surface area contributed by atoms with Crippen LogP contribution in [-0.2, 0) is 9.53 Å². The van der Waals surface area contributed by atoms with E-state index in [9.17, 15) is 4.79 Å². The summed E-state index contributed by atoms with van der Waals surface area (Å²) in [5, 5.41) is 0. The van der Waals surface area contributed by atoms with E-state index < -0.39 is 0 Å². The number of ether oxygens (including phenoxy) is 1. The van der Waals surface area contributed by atoms with E-state index in [4.69, 9.17) is 16.2 Å². The van der Waals surface area contributed by atoms with Gasteiger partial charge in [0.1, 0.15) is 0 Å². The Morgan fingerprint density at radius 3 is 2.41 bits per heavy atom. The lowest BCUT2D eigenvalue weighted by Gasteiger charge is -2.29. The minimum absolute atomic E-state index is 0.0368. The number of nitrogens with two attached hydrogens (primary N) is 2. The summed E-state index contributed by atoms with van der Waals surface area (Å²) in [4.78, 5) is 11.5. The molecule has 0 spiro atoms. The fourth-order valence-electron chi connectivity index (χ4n) is 3.09. The summed E-state index contributed by atoms with van der Waals surface area (Å²) in [5.74, 6) is 0.562. The summed E-state index contributed by atoms with van der Waals surface area (Å²) in [6.45, 7) is 4.32. The molecular formula is C13H26N2O2. The Balaban J connectivity index is 2.63. The molecule has 0 aliphatic heterocycles. The Bertz CT molecular complexity index is 254. The van der Waals surface area contributed by atoms with E-state index in [1.54, 1.807) is 0 Å². The van der Waals surface area contributed by atoms with E-state index in [-0.39, 0.29) is 29.9 Å². The number of hydrogen-bond donors (Lipinski definition) is 2. The van der Waals surface area contributed by atoms with Gasteiger partial charge in [0.25, 0.3) is 0 Å². The van der Waals surface area contributed by atoms with Crippen LogP contribution in [0.15, 0.2) is 0 Å². The lowest BCUT2D eigenvalue weighted by atomic mass is 9.83. The number of carbonyl (C=O) groups excluding carboxylic acids is 1. The van der Waals surface area contributed by atoms with Crippen molar-refractivity contribution in [2.45, 2.75) is 51.6 Å². The van der Waals surface area contributed by atoms with Gasteiger partial charge in [0.2, 0.25) is 0 Å². The molecule has 0 saturated heterocycles. The lowest BCUT2D eigenvalue weighted by Crippen LogP contribution is -2.43. The zero-order chi connectivity index (χ0) is 13.0. The molecule has 4 heteroatoms. The zero-order valence-corrected chi connectivity index (χ0v) is 11.2. The van der Waals surface area contributed by atoms with E-state index in [1.807, 2.05) is 0 Å². The summed E-state index contributed by atoms with van der Waals surface area (Å²) >= 11 is 0. The van der Waals surface area contributed by atoms with Crippen molar-refractivity contribution in [1.82, 2.24) is 0 Å². The molecule has 0 radical (unpaired) electrons. The standard InChI is InChI=1S/C13H26N2O2/c1-4-8(5-2)12(15)10-6-9(7-11(10)14)13(16)17-3/h8-12H,4-7,14-15H2,1-3H3. The molecule has 100 valence electrons. The highest BCUT2D eigenvalue weighted by Gasteiger charge is 2.40. The van der Waals surface area contributed by atoms with Crippen molar-refractivity contribution in [3.8, 4) is 0 Å². The van der Waals surface area contributed by atoms with Crippen LogP contribution in [0.3, 0.4) is 0 Å². The van der Waals surface area contributed by atoms with Crippen LogP contribution in [0.4, 0.5) is 0 Å². The van der Waals surface area contributed by atoms with Crippen LogP contribution in [0.5, 0.6) is 0 Å². The highest BCUT2D eigenvalue weighted by atomic mass is 16.5. The molecule has 1 fully saturated rings. The fraction of sp³-hybridized carbons (Fsp3) is 0.923. The maximum Gasteiger partial charge on any atom is 0.308 e. The molecule has 0 bridgehead atoms. The summed E-state index contributed by atoms with van der Waals surface area (Å²) in [6.07, 6.45) is 3.64. The minimum atomic E-state index is -0.139. The molecule has 0 aromatic rings. The molecule has 1 rings (SSSR count). The third kappa shape index (κ3) is 3.19. The van der Waals surface area contributed by atoms with E-state index in [0.29, 0.717) is 12.3 Å². The van der Waals surface area contributed by atoms with Crippen LogP contribution in [-0.4, -0.2) is 25.2 Å². The normalized spacial score (nSPS) is 30.6. The number of methoxy groups -OCH3 is 1. The van der Waals surface area contributed by atoms with Crippen LogP contribution >= 0.6 is 0 Å². The van der Waals surface area contributed by atoms with Gasteiger partial charge in [-0.05, 0) is 24.7 Å². The number of hydrogen-bond acceptors (Lipinski definition) is 4. The predicted molar refractivity (Wildman–Crippen MR) is 68.3 cm³/mol. The van der Waals surface area contributed by atoms with E-state index in [0.717, 1.165) is 19.3 Å². The first-order chi connectivity index (χ1) is 8.04. The molecule has 4 N–H and O–H groups in total. The van der Waals surface area contributed by atoms with Crippen LogP contribution in [0.25, 0.3) is 0 Å². The number of carbonyl (C=O) groups is 1. The lowest BCUT2D eigenvalue weighted by molar-refractivity contribution is -0.145. The highest BCUT2D eigenvalue weighted by Crippen LogP contribution is 2.35. The second kappa shape index (κ2) is 6.36. The smallest absolute Gasteiger partial charge is 0.308 e. The topological polar surface area (TPSA) is 78.3 Å². The third-order valence-corrected chi connectivity index (χ3v) is 4.29. The molecule has 0 aromatic heterocycles. The first kappa shape index (κ1) is 14.5. The Kier molecular flexibility index (Phi) is 5.40. The molecule has 0 aromatic carbocycles. The largest absolute Gasteiger partial charge is 0.469 e. The fourth-order valence-corrected chi connectivity index (χ4v) is 3.09. The van der Waals surface area contributed by atoms with Crippen molar-refractivity contribution in [3.63, 3.8) is 0 Å². The van der Waals surface area contributed by atoms with E-state index >= 15 is 0 Å². The number of rotatable bonds is 5. The zero-order valence-electron chi connectivity index (χ0n) is 11.2. The first-order valence-electron chi connectivity index (χ1n) is 6.64. The van der Waals surface area contributed by atoms with Gasteiger partial charge in [-0.25, -0.2) is 0 Å². The molecule has 0 amide bonds. The molecule has 1 aliphatic carbocycles. The van der Waals surface area contributed by atoms with E-state index in [2.05, 4.69) is 13.8 Å². The predicted octanol–water partition coefficient (Wildman–Crippen LogP) is 1.28.